The van der Waals surface area contributed by atoms with Crippen molar-refractivity contribution in [1.82, 2.24) is 20.2 Å². The van der Waals surface area contributed by atoms with E-state index in [1.54, 1.807) is 0 Å². The molecule has 26 heavy (non-hydrogen) atoms. The third-order valence-corrected chi connectivity index (χ3v) is 5.88. The third kappa shape index (κ3) is 3.44. The summed E-state index contributed by atoms with van der Waals surface area (Å²) in [5.74, 6) is -0.0488. The van der Waals surface area contributed by atoms with Crippen LogP contribution in [0.2, 0.25) is 0 Å². The van der Waals surface area contributed by atoms with Crippen LogP contribution in [-0.4, -0.2) is 31.4 Å². The van der Waals surface area contributed by atoms with E-state index in [-0.39, 0.29) is 11.2 Å². The maximum atomic E-state index is 12.7. The number of rotatable bonds is 5. The van der Waals surface area contributed by atoms with Crippen LogP contribution < -0.4 is 5.32 Å². The fourth-order valence-corrected chi connectivity index (χ4v) is 4.28. The number of nitrogens with zero attached hydrogens (tertiary/aromatic N) is 4. The van der Waals surface area contributed by atoms with Gasteiger partial charge in [0, 0.05) is 11.1 Å². The number of carbonyl (C=O) groups is 1. The summed E-state index contributed by atoms with van der Waals surface area (Å²) in [5, 5.41) is 17.7. The minimum atomic E-state index is -0.292. The van der Waals surface area contributed by atoms with Crippen LogP contribution in [0.3, 0.4) is 0 Å². The average Bonchev–Trinajstić information content (AvgIpc) is 3.33. The van der Waals surface area contributed by atoms with Crippen molar-refractivity contribution >= 4 is 34.1 Å². The molecule has 0 bridgehead atoms. The van der Waals surface area contributed by atoms with Gasteiger partial charge in [0.1, 0.15) is 0 Å². The van der Waals surface area contributed by atoms with Crippen molar-refractivity contribution in [3.8, 4) is 0 Å². The molecular weight excluding hydrogens is 346 g/mol. The molecule has 3 aromatic rings. The largest absolute Gasteiger partial charge is 0.325 e. The molecule has 0 spiro atoms. The number of fused-ring (bicyclic) bond motifs is 1. The van der Waals surface area contributed by atoms with Gasteiger partial charge in [-0.2, -0.15) is 0 Å². The van der Waals surface area contributed by atoms with Gasteiger partial charge >= 0.3 is 0 Å². The Bertz CT molecular complexity index is 914. The third-order valence-electron chi connectivity index (χ3n) is 4.83. The lowest BCUT2D eigenvalue weighted by Gasteiger charge is -2.15. The number of tetrazole rings is 1. The van der Waals surface area contributed by atoms with Gasteiger partial charge in [-0.3, -0.25) is 4.79 Å². The van der Waals surface area contributed by atoms with Crippen LogP contribution in [0.4, 0.5) is 5.69 Å². The average molecular weight is 367 g/mol. The topological polar surface area (TPSA) is 72.7 Å². The number of amides is 1. The van der Waals surface area contributed by atoms with Gasteiger partial charge in [0.25, 0.3) is 0 Å². The summed E-state index contributed by atoms with van der Waals surface area (Å²) < 4.78 is 1.89. The van der Waals surface area contributed by atoms with Crippen molar-refractivity contribution in [1.29, 1.82) is 0 Å². The van der Waals surface area contributed by atoms with Gasteiger partial charge in [0.05, 0.1) is 11.3 Å². The molecule has 1 saturated carbocycles. The zero-order chi connectivity index (χ0) is 17.9. The predicted molar refractivity (Wildman–Crippen MR) is 103 cm³/mol. The summed E-state index contributed by atoms with van der Waals surface area (Å²) >= 11 is 1.41. The smallest absolute Gasteiger partial charge is 0.237 e. The van der Waals surface area contributed by atoms with E-state index in [0.717, 1.165) is 34.5 Å². The van der Waals surface area contributed by atoms with Gasteiger partial charge in [-0.25, -0.2) is 4.68 Å². The van der Waals surface area contributed by atoms with Crippen molar-refractivity contribution < 1.29 is 4.79 Å². The number of anilines is 1. The van der Waals surface area contributed by atoms with Crippen molar-refractivity contribution in [3.63, 3.8) is 0 Å². The van der Waals surface area contributed by atoms with Gasteiger partial charge in [-0.05, 0) is 41.6 Å². The van der Waals surface area contributed by atoms with Crippen LogP contribution >= 0.6 is 11.8 Å². The van der Waals surface area contributed by atoms with Gasteiger partial charge in [-0.15, -0.1) is 5.10 Å². The second-order valence-electron chi connectivity index (χ2n) is 6.62. The van der Waals surface area contributed by atoms with E-state index in [4.69, 9.17) is 0 Å². The minimum Gasteiger partial charge on any atom is -0.325 e. The first-order valence-corrected chi connectivity index (χ1v) is 9.83. The first-order valence-electron chi connectivity index (χ1n) is 8.95. The predicted octanol–water partition coefficient (Wildman–Crippen LogP) is 4.06. The Morgan fingerprint density at radius 1 is 1.19 bits per heavy atom. The molecule has 7 heteroatoms. The molecule has 1 aromatic heterocycles. The van der Waals surface area contributed by atoms with E-state index >= 15 is 0 Å². The maximum absolute atomic E-state index is 12.7. The number of thioether (sulfide) groups is 1. The lowest BCUT2D eigenvalue weighted by Crippen LogP contribution is -2.23. The molecule has 134 valence electrons. The zero-order valence-electron chi connectivity index (χ0n) is 14.6. The fraction of sp³-hybridized carbons (Fsp3) is 0.368. The number of aromatic nitrogens is 4. The minimum absolute atomic E-state index is 0.0488. The molecule has 1 amide bonds. The second-order valence-corrected chi connectivity index (χ2v) is 7.93. The Kier molecular flexibility index (Phi) is 4.88. The summed E-state index contributed by atoms with van der Waals surface area (Å²) in [7, 11) is 0. The second kappa shape index (κ2) is 7.45. The molecule has 6 nitrogen and oxygen atoms in total. The first-order chi connectivity index (χ1) is 12.7. The summed E-state index contributed by atoms with van der Waals surface area (Å²) in [6.45, 7) is 1.89. The monoisotopic (exact) mass is 367 g/mol. The van der Waals surface area contributed by atoms with Crippen LogP contribution in [0.1, 0.15) is 38.6 Å². The SMILES string of the molecule is CC(Sc1nnnn1C1CCCC1)C(=O)Nc1cccc2ccccc12. The molecular formula is C19H21N5OS. The highest BCUT2D eigenvalue weighted by atomic mass is 32.2. The van der Waals surface area contributed by atoms with Crippen LogP contribution in [-0.2, 0) is 4.79 Å². The highest BCUT2D eigenvalue weighted by Crippen LogP contribution is 2.33. The van der Waals surface area contributed by atoms with E-state index in [1.165, 1.54) is 24.6 Å². The van der Waals surface area contributed by atoms with E-state index in [9.17, 15) is 4.79 Å². The fourth-order valence-electron chi connectivity index (χ4n) is 3.42. The van der Waals surface area contributed by atoms with Gasteiger partial charge in [-0.1, -0.05) is 61.0 Å². The van der Waals surface area contributed by atoms with Crippen LogP contribution in [0.15, 0.2) is 47.6 Å². The first kappa shape index (κ1) is 17.0. The molecule has 1 atom stereocenters. The highest BCUT2D eigenvalue weighted by Gasteiger charge is 2.24. The van der Waals surface area contributed by atoms with E-state index in [1.807, 2.05) is 54.1 Å². The molecule has 1 fully saturated rings. The van der Waals surface area contributed by atoms with E-state index in [2.05, 4.69) is 20.8 Å². The van der Waals surface area contributed by atoms with E-state index in [0.29, 0.717) is 6.04 Å². The number of hydrogen-bond acceptors (Lipinski definition) is 5. The summed E-state index contributed by atoms with van der Waals surface area (Å²) in [6, 6.07) is 14.3. The molecule has 1 aliphatic carbocycles. The molecule has 4 rings (SSSR count). The molecule has 1 aliphatic rings. The Morgan fingerprint density at radius 3 is 2.81 bits per heavy atom. The Morgan fingerprint density at radius 2 is 1.96 bits per heavy atom. The number of benzene rings is 2. The van der Waals surface area contributed by atoms with Crippen molar-refractivity contribution in [2.24, 2.45) is 0 Å². The molecule has 1 unspecified atom stereocenters. The van der Waals surface area contributed by atoms with Gasteiger partial charge in [0.15, 0.2) is 0 Å². The standard InChI is InChI=1S/C19H21N5OS/c1-13(26-19-21-22-23-24(19)15-9-3-4-10-15)18(25)20-17-12-6-8-14-7-2-5-11-16(14)17/h2,5-8,11-13,15H,3-4,9-10H2,1H3,(H,20,25). The lowest BCUT2D eigenvalue weighted by atomic mass is 10.1. The maximum Gasteiger partial charge on any atom is 0.237 e. The molecule has 1 N–H and O–H groups in total. The Hall–Kier alpha value is -2.41. The summed E-state index contributed by atoms with van der Waals surface area (Å²) in [5.41, 5.74) is 0.830. The van der Waals surface area contributed by atoms with Gasteiger partial charge in [0.2, 0.25) is 11.1 Å². The molecule has 0 saturated heterocycles. The number of nitrogens with one attached hydrogen (secondary N) is 1. The van der Waals surface area contributed by atoms with Crippen LogP contribution in [0, 0.1) is 0 Å². The highest BCUT2D eigenvalue weighted by molar-refractivity contribution is 8.00. The van der Waals surface area contributed by atoms with E-state index < -0.39 is 0 Å². The summed E-state index contributed by atoms with van der Waals surface area (Å²) in [6.07, 6.45) is 4.64. The normalized spacial score (nSPS) is 16.0. The van der Waals surface area contributed by atoms with Crippen LogP contribution in [0.25, 0.3) is 10.8 Å². The number of carbonyl (C=O) groups excluding carboxylic acids is 1. The van der Waals surface area contributed by atoms with Crippen molar-refractivity contribution in [2.75, 3.05) is 5.32 Å². The quantitative estimate of drug-likeness (QED) is 0.689. The van der Waals surface area contributed by atoms with Gasteiger partial charge < -0.3 is 5.32 Å². The lowest BCUT2D eigenvalue weighted by molar-refractivity contribution is -0.115. The Labute approximate surface area is 156 Å². The summed E-state index contributed by atoms with van der Waals surface area (Å²) in [4.78, 5) is 12.7. The molecule has 0 radical (unpaired) electrons. The number of hydrogen-bond donors (Lipinski definition) is 1. The molecule has 2 aromatic carbocycles. The zero-order valence-corrected chi connectivity index (χ0v) is 15.4. The molecule has 1 heterocycles. The van der Waals surface area contributed by atoms with Crippen LogP contribution in [0.5, 0.6) is 0 Å². The Balaban J connectivity index is 1.48. The van der Waals surface area contributed by atoms with Crippen molar-refractivity contribution in [2.45, 2.75) is 49.1 Å². The molecule has 0 aliphatic heterocycles. The van der Waals surface area contributed by atoms with Crippen molar-refractivity contribution in [3.05, 3.63) is 42.5 Å².